The van der Waals surface area contributed by atoms with E-state index in [4.69, 9.17) is 0 Å². The normalized spacial score (nSPS) is 20.3. The predicted molar refractivity (Wildman–Crippen MR) is 116 cm³/mol. The maximum atomic E-state index is 4.55. The number of thiophene rings is 1. The fraction of sp³-hybridized carbons (Fsp3) is 0.522. The fourth-order valence-electron chi connectivity index (χ4n) is 5.07. The first kappa shape index (κ1) is 18.9. The molecule has 5 nitrogen and oxygen atoms in total. The first-order valence-corrected chi connectivity index (χ1v) is 11.9. The molecule has 1 atom stereocenters. The van der Waals surface area contributed by atoms with Gasteiger partial charge in [0.1, 0.15) is 6.04 Å². The summed E-state index contributed by atoms with van der Waals surface area (Å²) in [4.78, 5) is 3.98. The molecule has 29 heavy (non-hydrogen) atoms. The number of tetrazole rings is 1. The Labute approximate surface area is 176 Å². The quantitative estimate of drug-likeness (QED) is 0.583. The molecule has 5 rings (SSSR count). The number of hydrogen-bond acceptors (Lipinski definition) is 5. The summed E-state index contributed by atoms with van der Waals surface area (Å²) in [5.74, 6) is 1.81. The van der Waals surface area contributed by atoms with Crippen LogP contribution < -0.4 is 0 Å². The zero-order valence-electron chi connectivity index (χ0n) is 16.9. The lowest BCUT2D eigenvalue weighted by Crippen LogP contribution is -2.39. The number of benzene rings is 1. The fourth-order valence-corrected chi connectivity index (χ4v) is 5.92. The van der Waals surface area contributed by atoms with Crippen LogP contribution in [-0.2, 0) is 6.42 Å². The number of rotatable bonds is 6. The van der Waals surface area contributed by atoms with Crippen LogP contribution in [0, 0.1) is 5.92 Å². The summed E-state index contributed by atoms with van der Waals surface area (Å²) < 4.78 is 2.15. The molecule has 6 heteroatoms. The highest BCUT2D eigenvalue weighted by atomic mass is 32.1. The predicted octanol–water partition coefficient (Wildman–Crippen LogP) is 4.89. The molecule has 0 spiro atoms. The van der Waals surface area contributed by atoms with Gasteiger partial charge in [0.15, 0.2) is 5.82 Å². The molecule has 2 fully saturated rings. The monoisotopic (exact) mass is 407 g/mol. The summed E-state index contributed by atoms with van der Waals surface area (Å²) in [5.41, 5.74) is 1.46. The smallest absolute Gasteiger partial charge is 0.174 e. The Bertz CT molecular complexity index is 877. The highest BCUT2D eigenvalue weighted by molar-refractivity contribution is 7.10. The van der Waals surface area contributed by atoms with Crippen molar-refractivity contribution in [2.24, 2.45) is 5.92 Å². The van der Waals surface area contributed by atoms with E-state index in [1.165, 1.54) is 55.4 Å². The molecule has 3 aromatic rings. The number of likely N-dealkylation sites (tertiary alicyclic amines) is 1. The van der Waals surface area contributed by atoms with Gasteiger partial charge in [0.05, 0.1) is 6.04 Å². The minimum Gasteiger partial charge on any atom is -0.289 e. The van der Waals surface area contributed by atoms with Gasteiger partial charge in [0.25, 0.3) is 0 Å². The molecule has 1 aromatic carbocycles. The number of aromatic nitrogens is 4. The van der Waals surface area contributed by atoms with Gasteiger partial charge in [-0.25, -0.2) is 4.68 Å². The Morgan fingerprint density at radius 2 is 1.76 bits per heavy atom. The lowest BCUT2D eigenvalue weighted by atomic mass is 9.89. The van der Waals surface area contributed by atoms with Crippen molar-refractivity contribution in [2.75, 3.05) is 13.1 Å². The van der Waals surface area contributed by atoms with E-state index < -0.39 is 0 Å². The van der Waals surface area contributed by atoms with Crippen LogP contribution >= 0.6 is 11.3 Å². The van der Waals surface area contributed by atoms with E-state index in [1.807, 2.05) is 11.3 Å². The average molecular weight is 408 g/mol. The van der Waals surface area contributed by atoms with Gasteiger partial charge in [-0.15, -0.1) is 16.4 Å². The largest absolute Gasteiger partial charge is 0.289 e. The second kappa shape index (κ2) is 8.76. The van der Waals surface area contributed by atoms with E-state index in [0.29, 0.717) is 6.04 Å². The van der Waals surface area contributed by atoms with Crippen LogP contribution in [0.25, 0.3) is 0 Å². The van der Waals surface area contributed by atoms with Crippen molar-refractivity contribution in [3.63, 3.8) is 0 Å². The number of hydrogen-bond donors (Lipinski definition) is 0. The van der Waals surface area contributed by atoms with Gasteiger partial charge < -0.3 is 0 Å². The summed E-state index contributed by atoms with van der Waals surface area (Å²) in [6, 6.07) is 16.0. The van der Waals surface area contributed by atoms with Gasteiger partial charge in [-0.2, -0.15) is 0 Å². The SMILES string of the molecule is c1ccc(CC2CCN([C@@H](c3cccs3)c3nnnn3C3CCCC3)CC2)cc1. The van der Waals surface area contributed by atoms with Crippen molar-refractivity contribution in [1.82, 2.24) is 25.1 Å². The maximum absolute atomic E-state index is 4.55. The van der Waals surface area contributed by atoms with Gasteiger partial charge in [-0.3, -0.25) is 4.90 Å². The minimum absolute atomic E-state index is 0.184. The van der Waals surface area contributed by atoms with E-state index in [1.54, 1.807) is 0 Å². The molecule has 1 saturated heterocycles. The Morgan fingerprint density at radius 3 is 2.48 bits per heavy atom. The van der Waals surface area contributed by atoms with Gasteiger partial charge >= 0.3 is 0 Å². The third kappa shape index (κ3) is 4.14. The lowest BCUT2D eigenvalue weighted by Gasteiger charge is -2.37. The van der Waals surface area contributed by atoms with E-state index in [0.717, 1.165) is 24.8 Å². The van der Waals surface area contributed by atoms with Crippen LogP contribution in [0.3, 0.4) is 0 Å². The third-order valence-electron chi connectivity index (χ3n) is 6.63. The zero-order valence-corrected chi connectivity index (χ0v) is 17.7. The molecule has 2 aliphatic rings. The Morgan fingerprint density at radius 1 is 0.966 bits per heavy atom. The average Bonchev–Trinajstić information content (AvgIpc) is 3.53. The van der Waals surface area contributed by atoms with Crippen molar-refractivity contribution in [2.45, 2.75) is 57.0 Å². The summed E-state index contributed by atoms with van der Waals surface area (Å²) in [6.45, 7) is 2.22. The van der Waals surface area contributed by atoms with E-state index in [9.17, 15) is 0 Å². The topological polar surface area (TPSA) is 46.8 Å². The molecule has 0 radical (unpaired) electrons. The first-order valence-electron chi connectivity index (χ1n) is 11.0. The molecule has 1 aliphatic carbocycles. The van der Waals surface area contributed by atoms with Gasteiger partial charge in [0, 0.05) is 4.88 Å². The Kier molecular flexibility index (Phi) is 5.72. The number of piperidine rings is 1. The Balaban J connectivity index is 1.34. The maximum Gasteiger partial charge on any atom is 0.174 e. The van der Waals surface area contributed by atoms with Gasteiger partial charge in [0.2, 0.25) is 0 Å². The molecule has 1 saturated carbocycles. The highest BCUT2D eigenvalue weighted by Gasteiger charge is 2.33. The molecule has 152 valence electrons. The van der Waals surface area contributed by atoms with Crippen LogP contribution in [0.5, 0.6) is 0 Å². The third-order valence-corrected chi connectivity index (χ3v) is 7.55. The molecule has 2 aromatic heterocycles. The van der Waals surface area contributed by atoms with Crippen molar-refractivity contribution in [3.05, 3.63) is 64.1 Å². The molecule has 0 N–H and O–H groups in total. The molecule has 0 bridgehead atoms. The van der Waals surface area contributed by atoms with Crippen molar-refractivity contribution in [3.8, 4) is 0 Å². The minimum atomic E-state index is 0.184. The van der Waals surface area contributed by atoms with Gasteiger partial charge in [-0.1, -0.05) is 49.2 Å². The molecule has 3 heterocycles. The van der Waals surface area contributed by atoms with Crippen LogP contribution in [-0.4, -0.2) is 38.2 Å². The number of nitrogens with zero attached hydrogens (tertiary/aromatic N) is 5. The summed E-state index contributed by atoms with van der Waals surface area (Å²) in [7, 11) is 0. The van der Waals surface area contributed by atoms with Crippen LogP contribution in [0.2, 0.25) is 0 Å². The molecule has 0 unspecified atom stereocenters. The lowest BCUT2D eigenvalue weighted by molar-refractivity contribution is 0.144. The second-order valence-electron chi connectivity index (χ2n) is 8.51. The van der Waals surface area contributed by atoms with Crippen molar-refractivity contribution < 1.29 is 0 Å². The standard InChI is InChI=1S/C23H29N5S/c1-2-7-18(8-3-1)17-19-12-14-27(15-13-19)22(21-11-6-16-29-21)23-24-25-26-28(23)20-9-4-5-10-20/h1-3,6-8,11,16,19-20,22H,4-5,9-10,12-15,17H2/t22-/m0/s1. The summed E-state index contributed by atoms with van der Waals surface area (Å²) in [5, 5.41) is 15.3. The Hall–Kier alpha value is -2.05. The van der Waals surface area contributed by atoms with E-state index in [2.05, 4.69) is 73.0 Å². The second-order valence-corrected chi connectivity index (χ2v) is 9.49. The highest BCUT2D eigenvalue weighted by Crippen LogP contribution is 2.37. The van der Waals surface area contributed by atoms with E-state index in [-0.39, 0.29) is 6.04 Å². The van der Waals surface area contributed by atoms with Crippen molar-refractivity contribution in [1.29, 1.82) is 0 Å². The molecular formula is C23H29N5S. The van der Waals surface area contributed by atoms with Gasteiger partial charge in [-0.05, 0) is 78.5 Å². The molecule has 1 aliphatic heterocycles. The summed E-state index contributed by atoms with van der Waals surface area (Å²) >= 11 is 1.83. The van der Waals surface area contributed by atoms with Crippen LogP contribution in [0.15, 0.2) is 47.8 Å². The first-order chi connectivity index (χ1) is 14.4. The zero-order chi connectivity index (χ0) is 19.5. The summed E-state index contributed by atoms with van der Waals surface area (Å²) in [6.07, 6.45) is 8.65. The van der Waals surface area contributed by atoms with Crippen molar-refractivity contribution >= 4 is 11.3 Å². The van der Waals surface area contributed by atoms with Crippen LogP contribution in [0.4, 0.5) is 0 Å². The van der Waals surface area contributed by atoms with Crippen LogP contribution in [0.1, 0.15) is 66.9 Å². The molecular weight excluding hydrogens is 378 g/mol. The molecule has 0 amide bonds. The van der Waals surface area contributed by atoms with E-state index >= 15 is 0 Å².